The topological polar surface area (TPSA) is 46.2 Å². The molecule has 3 nitrogen and oxygen atoms in total. The van der Waals surface area contributed by atoms with Crippen molar-refractivity contribution in [1.82, 2.24) is 4.72 Å². The Morgan fingerprint density at radius 3 is 2.42 bits per heavy atom. The summed E-state index contributed by atoms with van der Waals surface area (Å²) in [6, 6.07) is 7.04. The standard InChI is InChI=1S/C14H21NO2S2/c1-11(2)10-18-12-8-6-7-9-13(12)19(16,17)15-14(3,4)5/h6-9,15H,1,10H2,2-5H3. The van der Waals surface area contributed by atoms with Gasteiger partial charge in [-0.3, -0.25) is 0 Å². The van der Waals surface area contributed by atoms with Gasteiger partial charge in [-0.15, -0.1) is 11.8 Å². The van der Waals surface area contributed by atoms with E-state index < -0.39 is 15.6 Å². The SMILES string of the molecule is C=C(C)CSc1ccccc1S(=O)(=O)NC(C)(C)C. The molecule has 0 unspecified atom stereocenters. The van der Waals surface area contributed by atoms with Crippen LogP contribution in [-0.4, -0.2) is 19.7 Å². The van der Waals surface area contributed by atoms with Gasteiger partial charge < -0.3 is 0 Å². The van der Waals surface area contributed by atoms with E-state index in [1.54, 1.807) is 12.1 Å². The lowest BCUT2D eigenvalue weighted by Gasteiger charge is -2.21. The molecule has 1 aromatic rings. The Labute approximate surface area is 120 Å². The molecule has 19 heavy (non-hydrogen) atoms. The molecule has 0 aromatic heterocycles. The van der Waals surface area contributed by atoms with Crippen molar-refractivity contribution in [1.29, 1.82) is 0 Å². The lowest BCUT2D eigenvalue weighted by atomic mass is 10.1. The van der Waals surface area contributed by atoms with E-state index in [1.165, 1.54) is 11.8 Å². The molecule has 1 N–H and O–H groups in total. The zero-order chi connectivity index (χ0) is 14.7. The number of hydrogen-bond donors (Lipinski definition) is 1. The summed E-state index contributed by atoms with van der Waals surface area (Å²) in [6.07, 6.45) is 0. The highest BCUT2D eigenvalue weighted by molar-refractivity contribution is 8.00. The van der Waals surface area contributed by atoms with E-state index in [2.05, 4.69) is 11.3 Å². The van der Waals surface area contributed by atoms with Crippen molar-refractivity contribution in [2.75, 3.05) is 5.75 Å². The summed E-state index contributed by atoms with van der Waals surface area (Å²) in [4.78, 5) is 1.08. The van der Waals surface area contributed by atoms with Crippen molar-refractivity contribution >= 4 is 21.8 Å². The smallest absolute Gasteiger partial charge is 0.207 e. The molecule has 1 rings (SSSR count). The maximum atomic E-state index is 12.4. The first-order valence-electron chi connectivity index (χ1n) is 6.02. The van der Waals surface area contributed by atoms with Gasteiger partial charge in [0.2, 0.25) is 10.0 Å². The average molecular weight is 299 g/mol. The highest BCUT2D eigenvalue weighted by atomic mass is 32.2. The Kier molecular flexibility index (Phi) is 5.24. The molecular weight excluding hydrogens is 278 g/mol. The van der Waals surface area contributed by atoms with Gasteiger partial charge in [0, 0.05) is 16.2 Å². The van der Waals surface area contributed by atoms with E-state index in [-0.39, 0.29) is 0 Å². The van der Waals surface area contributed by atoms with Crippen LogP contribution in [0.2, 0.25) is 0 Å². The van der Waals surface area contributed by atoms with Crippen LogP contribution < -0.4 is 4.72 Å². The van der Waals surface area contributed by atoms with E-state index in [0.717, 1.165) is 10.5 Å². The number of rotatable bonds is 5. The van der Waals surface area contributed by atoms with Crippen molar-refractivity contribution < 1.29 is 8.42 Å². The molecule has 0 bridgehead atoms. The quantitative estimate of drug-likeness (QED) is 0.669. The summed E-state index contributed by atoms with van der Waals surface area (Å²) in [5.74, 6) is 0.710. The second kappa shape index (κ2) is 6.11. The van der Waals surface area contributed by atoms with E-state index in [4.69, 9.17) is 0 Å². The van der Waals surface area contributed by atoms with Crippen molar-refractivity contribution in [2.24, 2.45) is 0 Å². The van der Waals surface area contributed by atoms with Crippen LogP contribution in [-0.2, 0) is 10.0 Å². The molecule has 0 heterocycles. The summed E-state index contributed by atoms with van der Waals surface area (Å²) in [5, 5.41) is 0. The van der Waals surface area contributed by atoms with Crippen LogP contribution in [0.15, 0.2) is 46.2 Å². The van der Waals surface area contributed by atoms with Crippen LogP contribution >= 0.6 is 11.8 Å². The van der Waals surface area contributed by atoms with Crippen LogP contribution in [0.5, 0.6) is 0 Å². The first kappa shape index (κ1) is 16.3. The highest BCUT2D eigenvalue weighted by Crippen LogP contribution is 2.28. The zero-order valence-corrected chi connectivity index (χ0v) is 13.5. The normalized spacial score (nSPS) is 12.4. The van der Waals surface area contributed by atoms with Gasteiger partial charge in [0.25, 0.3) is 0 Å². The second-order valence-corrected chi connectivity index (χ2v) is 8.22. The fraction of sp³-hybridized carbons (Fsp3) is 0.429. The second-order valence-electron chi connectivity index (χ2n) is 5.55. The van der Waals surface area contributed by atoms with E-state index in [1.807, 2.05) is 39.8 Å². The van der Waals surface area contributed by atoms with Gasteiger partial charge in [-0.05, 0) is 39.8 Å². The Morgan fingerprint density at radius 2 is 1.89 bits per heavy atom. The lowest BCUT2D eigenvalue weighted by Crippen LogP contribution is -2.40. The molecular formula is C14H21NO2S2. The fourth-order valence-corrected chi connectivity index (χ4v) is 4.25. The number of sulfonamides is 1. The maximum Gasteiger partial charge on any atom is 0.242 e. The number of thioether (sulfide) groups is 1. The van der Waals surface area contributed by atoms with Crippen molar-refractivity contribution in [3.8, 4) is 0 Å². The minimum absolute atomic E-state index is 0.330. The number of hydrogen-bond acceptors (Lipinski definition) is 3. The fourth-order valence-electron chi connectivity index (χ4n) is 1.45. The lowest BCUT2D eigenvalue weighted by molar-refractivity contribution is 0.490. The summed E-state index contributed by atoms with van der Waals surface area (Å²) < 4.78 is 27.4. The predicted molar refractivity (Wildman–Crippen MR) is 82.1 cm³/mol. The molecule has 0 atom stereocenters. The van der Waals surface area contributed by atoms with Gasteiger partial charge in [-0.25, -0.2) is 13.1 Å². The summed E-state index contributed by atoms with van der Waals surface area (Å²) in [6.45, 7) is 11.2. The average Bonchev–Trinajstić information content (AvgIpc) is 2.23. The monoisotopic (exact) mass is 299 g/mol. The van der Waals surface area contributed by atoms with Gasteiger partial charge in [0.05, 0.1) is 4.90 Å². The summed E-state index contributed by atoms with van der Waals surface area (Å²) >= 11 is 1.49. The molecule has 0 fully saturated rings. The van der Waals surface area contributed by atoms with Crippen molar-refractivity contribution in [3.05, 3.63) is 36.4 Å². The molecule has 0 aliphatic rings. The Hall–Kier alpha value is -0.780. The molecule has 0 saturated heterocycles. The van der Waals surface area contributed by atoms with Gasteiger partial charge >= 0.3 is 0 Å². The van der Waals surface area contributed by atoms with Crippen LogP contribution in [0, 0.1) is 0 Å². The first-order valence-corrected chi connectivity index (χ1v) is 8.49. The van der Waals surface area contributed by atoms with E-state index in [9.17, 15) is 8.42 Å². The number of benzene rings is 1. The Bertz CT molecular complexity index is 557. The van der Waals surface area contributed by atoms with Gasteiger partial charge in [-0.1, -0.05) is 24.3 Å². The molecule has 106 valence electrons. The molecule has 0 saturated carbocycles. The molecule has 0 spiro atoms. The molecule has 0 aliphatic carbocycles. The summed E-state index contributed by atoms with van der Waals surface area (Å²) in [5.41, 5.74) is 0.520. The zero-order valence-electron chi connectivity index (χ0n) is 11.9. The largest absolute Gasteiger partial charge is 0.242 e. The molecule has 0 amide bonds. The van der Waals surface area contributed by atoms with Gasteiger partial charge in [0.15, 0.2) is 0 Å². The van der Waals surface area contributed by atoms with Crippen LogP contribution in [0.1, 0.15) is 27.7 Å². The third-order valence-electron chi connectivity index (χ3n) is 2.05. The van der Waals surface area contributed by atoms with Crippen LogP contribution in [0.25, 0.3) is 0 Å². The third-order valence-corrected chi connectivity index (χ3v) is 5.30. The molecule has 5 heteroatoms. The third kappa shape index (κ3) is 5.38. The number of nitrogens with one attached hydrogen (secondary N) is 1. The van der Waals surface area contributed by atoms with Gasteiger partial charge in [0.1, 0.15) is 0 Å². The first-order chi connectivity index (χ1) is 8.62. The minimum atomic E-state index is -3.50. The molecule has 0 aliphatic heterocycles. The summed E-state index contributed by atoms with van der Waals surface area (Å²) in [7, 11) is -3.50. The molecule has 0 radical (unpaired) electrons. The van der Waals surface area contributed by atoms with E-state index in [0.29, 0.717) is 10.6 Å². The maximum absolute atomic E-state index is 12.4. The molecule has 1 aromatic carbocycles. The highest BCUT2D eigenvalue weighted by Gasteiger charge is 2.24. The predicted octanol–water partition coefficient (Wildman–Crippen LogP) is 3.43. The Balaban J connectivity index is 3.09. The van der Waals surface area contributed by atoms with Crippen LogP contribution in [0.3, 0.4) is 0 Å². The Morgan fingerprint density at radius 1 is 1.32 bits per heavy atom. The van der Waals surface area contributed by atoms with Gasteiger partial charge in [-0.2, -0.15) is 0 Å². The van der Waals surface area contributed by atoms with Crippen molar-refractivity contribution in [3.63, 3.8) is 0 Å². The van der Waals surface area contributed by atoms with Crippen LogP contribution in [0.4, 0.5) is 0 Å². The minimum Gasteiger partial charge on any atom is -0.207 e. The van der Waals surface area contributed by atoms with E-state index >= 15 is 0 Å². The van der Waals surface area contributed by atoms with Crippen molar-refractivity contribution in [2.45, 2.75) is 43.0 Å².